The van der Waals surface area contributed by atoms with Crippen LogP contribution in [0.25, 0.3) is 0 Å². The van der Waals surface area contributed by atoms with E-state index in [9.17, 15) is 4.79 Å². The predicted molar refractivity (Wildman–Crippen MR) is 104 cm³/mol. The van der Waals surface area contributed by atoms with Gasteiger partial charge in [0.2, 0.25) is 0 Å². The number of benzene rings is 2. The third-order valence-corrected chi connectivity index (χ3v) is 4.81. The molecule has 3 rings (SSSR count). The minimum Gasteiger partial charge on any atom is -0.316 e. The van der Waals surface area contributed by atoms with E-state index in [1.165, 1.54) is 24.8 Å². The smallest absolute Gasteiger partial charge is 0.316 e. The van der Waals surface area contributed by atoms with Crippen LogP contribution < -0.4 is 16.0 Å². The van der Waals surface area contributed by atoms with Gasteiger partial charge < -0.3 is 16.0 Å². The molecule has 2 amide bonds. The zero-order chi connectivity index (χ0) is 17.5. The number of anilines is 2. The van der Waals surface area contributed by atoms with Crippen molar-refractivity contribution >= 4 is 29.0 Å². The first-order valence-corrected chi connectivity index (χ1v) is 9.20. The van der Waals surface area contributed by atoms with Gasteiger partial charge in [0.25, 0.3) is 0 Å². The molecule has 0 radical (unpaired) electrons. The summed E-state index contributed by atoms with van der Waals surface area (Å²) in [4.78, 5) is 12.0. The number of halogens is 1. The fourth-order valence-electron chi connectivity index (χ4n) is 3.12. The maximum absolute atomic E-state index is 12.0. The molecule has 25 heavy (non-hydrogen) atoms. The van der Waals surface area contributed by atoms with E-state index in [4.69, 9.17) is 11.6 Å². The molecule has 1 atom stereocenters. The summed E-state index contributed by atoms with van der Waals surface area (Å²) in [5.41, 5.74) is 2.81. The molecule has 2 aromatic carbocycles. The van der Waals surface area contributed by atoms with E-state index in [0.717, 1.165) is 31.1 Å². The third-order valence-electron chi connectivity index (χ3n) is 4.55. The van der Waals surface area contributed by atoms with Crippen molar-refractivity contribution < 1.29 is 4.79 Å². The largest absolute Gasteiger partial charge is 0.323 e. The number of nitrogens with one attached hydrogen (secondary N) is 3. The molecule has 1 aliphatic rings. The summed E-state index contributed by atoms with van der Waals surface area (Å²) >= 11 is 5.84. The molecule has 0 aromatic heterocycles. The van der Waals surface area contributed by atoms with Gasteiger partial charge in [0.1, 0.15) is 0 Å². The van der Waals surface area contributed by atoms with Gasteiger partial charge in [-0.25, -0.2) is 4.79 Å². The van der Waals surface area contributed by atoms with Crippen molar-refractivity contribution in [3.63, 3.8) is 0 Å². The Hall–Kier alpha value is -2.04. The number of urea groups is 1. The molecule has 1 heterocycles. The molecule has 2 aromatic rings. The number of aryl methyl sites for hydroxylation is 1. The van der Waals surface area contributed by atoms with Crippen LogP contribution in [0, 0.1) is 5.92 Å². The Balaban J connectivity index is 1.46. The molecular weight excluding hydrogens is 334 g/mol. The zero-order valence-electron chi connectivity index (χ0n) is 14.2. The number of carbonyl (C=O) groups is 1. The van der Waals surface area contributed by atoms with Crippen molar-refractivity contribution in [3.8, 4) is 0 Å². The lowest BCUT2D eigenvalue weighted by molar-refractivity contribution is 0.262. The second-order valence-electron chi connectivity index (χ2n) is 6.53. The Bertz CT molecular complexity index is 679. The highest BCUT2D eigenvalue weighted by Gasteiger charge is 2.12. The molecule has 1 saturated heterocycles. The van der Waals surface area contributed by atoms with Gasteiger partial charge in [-0.1, -0.05) is 23.7 Å². The summed E-state index contributed by atoms with van der Waals surface area (Å²) in [6.07, 6.45) is 4.92. The average molecular weight is 358 g/mol. The van der Waals surface area contributed by atoms with Gasteiger partial charge in [-0.05, 0) is 86.7 Å². The molecule has 1 aliphatic heterocycles. The van der Waals surface area contributed by atoms with Gasteiger partial charge in [-0.2, -0.15) is 0 Å². The Kier molecular flexibility index (Phi) is 6.31. The van der Waals surface area contributed by atoms with Crippen molar-refractivity contribution in [1.82, 2.24) is 5.32 Å². The van der Waals surface area contributed by atoms with Crippen LogP contribution in [-0.2, 0) is 6.42 Å². The molecule has 4 nitrogen and oxygen atoms in total. The van der Waals surface area contributed by atoms with Crippen LogP contribution in [0.15, 0.2) is 48.5 Å². The normalized spacial score (nSPS) is 17.1. The molecule has 0 aliphatic carbocycles. The summed E-state index contributed by atoms with van der Waals surface area (Å²) < 4.78 is 0. The lowest BCUT2D eigenvalue weighted by atomic mass is 9.93. The summed E-state index contributed by atoms with van der Waals surface area (Å²) in [7, 11) is 0. The number of rotatable bonds is 5. The summed E-state index contributed by atoms with van der Waals surface area (Å²) in [6.45, 7) is 2.31. The average Bonchev–Trinajstić information content (AvgIpc) is 2.64. The van der Waals surface area contributed by atoms with E-state index in [1.54, 1.807) is 24.3 Å². The SMILES string of the molecule is O=C(Nc1ccc(Cl)cc1)Nc1ccc(CC[C@@H]2CCCNC2)cc1. The van der Waals surface area contributed by atoms with Gasteiger partial charge >= 0.3 is 6.03 Å². The van der Waals surface area contributed by atoms with Crippen LogP contribution in [0.2, 0.25) is 5.02 Å². The minimum absolute atomic E-state index is 0.261. The molecule has 3 N–H and O–H groups in total. The maximum atomic E-state index is 12.0. The van der Waals surface area contributed by atoms with Crippen LogP contribution in [0.4, 0.5) is 16.2 Å². The Morgan fingerprint density at radius 3 is 2.28 bits per heavy atom. The van der Waals surface area contributed by atoms with Crippen LogP contribution in [0.1, 0.15) is 24.8 Å². The van der Waals surface area contributed by atoms with Crippen molar-refractivity contribution in [3.05, 3.63) is 59.1 Å². The highest BCUT2D eigenvalue weighted by atomic mass is 35.5. The number of carbonyl (C=O) groups excluding carboxylic acids is 1. The van der Waals surface area contributed by atoms with Gasteiger partial charge in [0, 0.05) is 16.4 Å². The first-order valence-electron chi connectivity index (χ1n) is 8.82. The number of hydrogen-bond acceptors (Lipinski definition) is 2. The first-order chi connectivity index (χ1) is 12.2. The standard InChI is InChI=1S/C20H24ClN3O/c21-17-7-11-19(12-8-17)24-20(25)23-18-9-5-15(6-10-18)3-4-16-2-1-13-22-14-16/h5-12,16,22H,1-4,13-14H2,(H2,23,24,25)/t16-/m0/s1. The topological polar surface area (TPSA) is 53.2 Å². The zero-order valence-corrected chi connectivity index (χ0v) is 15.0. The molecule has 0 bridgehead atoms. The molecule has 1 fully saturated rings. The molecule has 0 saturated carbocycles. The van der Waals surface area contributed by atoms with Gasteiger partial charge in [-0.15, -0.1) is 0 Å². The molecule has 0 spiro atoms. The van der Waals surface area contributed by atoms with E-state index < -0.39 is 0 Å². The first kappa shape index (κ1) is 17.8. The minimum atomic E-state index is -0.261. The number of piperidine rings is 1. The lowest BCUT2D eigenvalue weighted by Crippen LogP contribution is -2.29. The van der Waals surface area contributed by atoms with Crippen LogP contribution >= 0.6 is 11.6 Å². The monoisotopic (exact) mass is 357 g/mol. The molecule has 0 unspecified atom stereocenters. The Labute approximate surface area is 154 Å². The Morgan fingerprint density at radius 1 is 1.04 bits per heavy atom. The van der Waals surface area contributed by atoms with E-state index in [1.807, 2.05) is 12.1 Å². The molecule has 132 valence electrons. The van der Waals surface area contributed by atoms with Crippen molar-refractivity contribution in [1.29, 1.82) is 0 Å². The highest BCUT2D eigenvalue weighted by Crippen LogP contribution is 2.19. The second kappa shape index (κ2) is 8.88. The summed E-state index contributed by atoms with van der Waals surface area (Å²) in [6, 6.07) is 14.9. The Morgan fingerprint density at radius 2 is 1.68 bits per heavy atom. The maximum Gasteiger partial charge on any atom is 0.323 e. The van der Waals surface area contributed by atoms with Crippen LogP contribution in [0.3, 0.4) is 0 Å². The third kappa shape index (κ3) is 5.76. The second-order valence-corrected chi connectivity index (χ2v) is 6.97. The highest BCUT2D eigenvalue weighted by molar-refractivity contribution is 6.30. The summed E-state index contributed by atoms with van der Waals surface area (Å²) in [5, 5.41) is 9.74. The fourth-order valence-corrected chi connectivity index (χ4v) is 3.25. The quantitative estimate of drug-likeness (QED) is 0.711. The molecular formula is C20H24ClN3O. The fraction of sp³-hybridized carbons (Fsp3) is 0.350. The van der Waals surface area contributed by atoms with Gasteiger partial charge in [-0.3, -0.25) is 0 Å². The number of hydrogen-bond donors (Lipinski definition) is 3. The van der Waals surface area contributed by atoms with E-state index in [0.29, 0.717) is 10.7 Å². The van der Waals surface area contributed by atoms with E-state index >= 15 is 0 Å². The van der Waals surface area contributed by atoms with Crippen LogP contribution in [0.5, 0.6) is 0 Å². The van der Waals surface area contributed by atoms with Crippen molar-refractivity contribution in [2.24, 2.45) is 5.92 Å². The van der Waals surface area contributed by atoms with E-state index in [-0.39, 0.29) is 6.03 Å². The summed E-state index contributed by atoms with van der Waals surface area (Å²) in [5.74, 6) is 0.789. The number of amides is 2. The van der Waals surface area contributed by atoms with Gasteiger partial charge in [0.15, 0.2) is 0 Å². The van der Waals surface area contributed by atoms with E-state index in [2.05, 4.69) is 28.1 Å². The van der Waals surface area contributed by atoms with Gasteiger partial charge in [0.05, 0.1) is 0 Å². The predicted octanol–water partition coefficient (Wildman–Crippen LogP) is 4.92. The lowest BCUT2D eigenvalue weighted by Gasteiger charge is -2.22. The molecule has 5 heteroatoms. The van der Waals surface area contributed by atoms with Crippen LogP contribution in [-0.4, -0.2) is 19.1 Å². The van der Waals surface area contributed by atoms with Crippen molar-refractivity contribution in [2.75, 3.05) is 23.7 Å². The van der Waals surface area contributed by atoms with Crippen molar-refractivity contribution in [2.45, 2.75) is 25.7 Å².